The molecule has 14 heavy (non-hydrogen) atoms. The largest absolute Gasteiger partial charge is 0.122 e. The summed E-state index contributed by atoms with van der Waals surface area (Å²) < 4.78 is 0. The Bertz CT molecular complexity index is 194. The first-order chi connectivity index (χ1) is 6.66. The molecule has 0 saturated carbocycles. The maximum Gasteiger partial charge on any atom is 0.0898 e. The van der Waals surface area contributed by atoms with Crippen molar-refractivity contribution in [2.24, 2.45) is 0 Å². The van der Waals surface area contributed by atoms with Gasteiger partial charge < -0.3 is 0 Å². The quantitative estimate of drug-likeness (QED) is 0.329. The van der Waals surface area contributed by atoms with E-state index in [0.29, 0.717) is 0 Å². The predicted molar refractivity (Wildman–Crippen MR) is 70.6 cm³/mol. The third kappa shape index (κ3) is 3.32. The number of alkyl halides is 1. The van der Waals surface area contributed by atoms with Crippen molar-refractivity contribution in [3.63, 3.8) is 0 Å². The Morgan fingerprint density at radius 1 is 0.929 bits per heavy atom. The lowest BCUT2D eigenvalue weighted by Crippen LogP contribution is -2.42. The Kier molecular flexibility index (Phi) is 6.59. The number of halogens is 1. The van der Waals surface area contributed by atoms with E-state index in [9.17, 15) is 0 Å². The van der Waals surface area contributed by atoms with Gasteiger partial charge in [-0.15, -0.1) is 37.9 Å². The zero-order valence-corrected chi connectivity index (χ0v) is 10.5. The van der Waals surface area contributed by atoms with Crippen molar-refractivity contribution in [1.29, 1.82) is 0 Å². The Morgan fingerprint density at radius 2 is 1.29 bits per heavy atom. The summed E-state index contributed by atoms with van der Waals surface area (Å²) in [7, 11) is -1.61. The highest BCUT2D eigenvalue weighted by Crippen LogP contribution is 2.30. The van der Waals surface area contributed by atoms with Gasteiger partial charge in [-0.2, -0.15) is 0 Å². The van der Waals surface area contributed by atoms with E-state index in [0.717, 1.165) is 18.1 Å². The molecule has 0 fully saturated rings. The van der Waals surface area contributed by atoms with Gasteiger partial charge in [-0.1, -0.05) is 24.3 Å². The molecule has 1 atom stereocenters. The van der Waals surface area contributed by atoms with Crippen molar-refractivity contribution in [3.05, 3.63) is 50.6 Å². The van der Waals surface area contributed by atoms with Crippen molar-refractivity contribution in [1.82, 2.24) is 0 Å². The molecule has 0 aromatic rings. The molecule has 0 bridgehead atoms. The fourth-order valence-corrected chi connectivity index (χ4v) is 5.90. The van der Waals surface area contributed by atoms with E-state index in [-0.39, 0.29) is 5.00 Å². The summed E-state index contributed by atoms with van der Waals surface area (Å²) in [6.45, 7) is 15.2. The van der Waals surface area contributed by atoms with Gasteiger partial charge in [0.25, 0.3) is 0 Å². The van der Waals surface area contributed by atoms with Crippen LogP contribution in [0.25, 0.3) is 0 Å². The first-order valence-corrected chi connectivity index (χ1v) is 7.89. The van der Waals surface area contributed by atoms with Crippen molar-refractivity contribution < 1.29 is 0 Å². The van der Waals surface area contributed by atoms with E-state index >= 15 is 0 Å². The monoisotopic (exact) mass is 226 g/mol. The number of hydrogen-bond donors (Lipinski definition) is 0. The SMILES string of the molecule is C=CC[Si](CC=C)(CC=C)C(Cl)C=C. The Balaban J connectivity index is 4.87. The van der Waals surface area contributed by atoms with Crippen LogP contribution in [0.5, 0.6) is 0 Å². The topological polar surface area (TPSA) is 0 Å². The smallest absolute Gasteiger partial charge is 0.0898 e. The van der Waals surface area contributed by atoms with Crippen molar-refractivity contribution in [2.45, 2.75) is 23.1 Å². The van der Waals surface area contributed by atoms with Crippen LogP contribution >= 0.6 is 11.6 Å². The molecule has 2 heteroatoms. The molecule has 0 aromatic carbocycles. The number of rotatable bonds is 8. The third-order valence-electron chi connectivity index (χ3n) is 2.44. The molecule has 0 N–H and O–H groups in total. The van der Waals surface area contributed by atoms with Crippen LogP contribution in [0.2, 0.25) is 18.1 Å². The van der Waals surface area contributed by atoms with E-state index in [1.165, 1.54) is 0 Å². The second kappa shape index (κ2) is 6.85. The summed E-state index contributed by atoms with van der Waals surface area (Å²) in [5.74, 6) is 0. The third-order valence-corrected chi connectivity index (χ3v) is 8.72. The summed E-state index contributed by atoms with van der Waals surface area (Å²) in [5.41, 5.74) is 0. The molecular formula is C12H19ClSi. The number of hydrogen-bond acceptors (Lipinski definition) is 0. The van der Waals surface area contributed by atoms with E-state index in [1.54, 1.807) is 0 Å². The molecule has 0 aliphatic heterocycles. The Morgan fingerprint density at radius 3 is 1.50 bits per heavy atom. The minimum absolute atomic E-state index is 0.0662. The van der Waals surface area contributed by atoms with E-state index in [1.807, 2.05) is 24.3 Å². The normalized spacial score (nSPS) is 12.9. The molecule has 0 heterocycles. The lowest BCUT2D eigenvalue weighted by molar-refractivity contribution is 1.26. The highest BCUT2D eigenvalue weighted by molar-refractivity contribution is 6.88. The van der Waals surface area contributed by atoms with Crippen LogP contribution in [0, 0.1) is 0 Å². The zero-order chi connectivity index (χ0) is 11.0. The Labute approximate surface area is 93.7 Å². The molecule has 0 spiro atoms. The lowest BCUT2D eigenvalue weighted by atomic mass is 10.7. The summed E-state index contributed by atoms with van der Waals surface area (Å²) in [5, 5.41) is 0.0662. The molecule has 0 aromatic heterocycles. The first-order valence-electron chi connectivity index (χ1n) is 4.76. The second-order valence-corrected chi connectivity index (χ2v) is 8.89. The van der Waals surface area contributed by atoms with Crippen LogP contribution in [-0.2, 0) is 0 Å². The van der Waals surface area contributed by atoms with Crippen LogP contribution in [-0.4, -0.2) is 13.1 Å². The van der Waals surface area contributed by atoms with Crippen molar-refractivity contribution in [2.75, 3.05) is 0 Å². The van der Waals surface area contributed by atoms with Gasteiger partial charge in [0.05, 0.1) is 8.07 Å². The molecule has 0 aliphatic rings. The zero-order valence-electron chi connectivity index (χ0n) is 8.71. The molecule has 0 amide bonds. The number of allylic oxidation sites excluding steroid dienone is 4. The van der Waals surface area contributed by atoms with Crippen LogP contribution in [0.4, 0.5) is 0 Å². The van der Waals surface area contributed by atoms with Gasteiger partial charge in [0.2, 0.25) is 0 Å². The van der Waals surface area contributed by atoms with E-state index in [2.05, 4.69) is 26.3 Å². The van der Waals surface area contributed by atoms with E-state index < -0.39 is 8.07 Å². The van der Waals surface area contributed by atoms with Crippen molar-refractivity contribution >= 4 is 19.7 Å². The lowest BCUT2D eigenvalue weighted by Gasteiger charge is -2.31. The molecule has 0 rings (SSSR count). The van der Waals surface area contributed by atoms with Crippen molar-refractivity contribution in [3.8, 4) is 0 Å². The van der Waals surface area contributed by atoms with Gasteiger partial charge in [0, 0.05) is 5.00 Å². The predicted octanol–water partition coefficient (Wildman–Crippen LogP) is 4.33. The maximum atomic E-state index is 6.32. The molecule has 0 nitrogen and oxygen atoms in total. The van der Waals surface area contributed by atoms with Gasteiger partial charge in [0.15, 0.2) is 0 Å². The first kappa shape index (κ1) is 13.5. The molecule has 1 unspecified atom stereocenters. The maximum absolute atomic E-state index is 6.32. The molecule has 78 valence electrons. The van der Waals surface area contributed by atoms with Gasteiger partial charge >= 0.3 is 0 Å². The average molecular weight is 227 g/mol. The highest BCUT2D eigenvalue weighted by atomic mass is 35.5. The van der Waals surface area contributed by atoms with Gasteiger partial charge in [-0.25, -0.2) is 0 Å². The van der Waals surface area contributed by atoms with Gasteiger partial charge in [-0.3, -0.25) is 0 Å². The standard InChI is InChI=1S/C12H19ClSi/c1-5-9-14(10-6-2,11-7-3)12(13)8-4/h5-8,12H,1-4,9-11H2. The van der Waals surface area contributed by atoms with Crippen LogP contribution in [0.15, 0.2) is 50.6 Å². The summed E-state index contributed by atoms with van der Waals surface area (Å²) in [6.07, 6.45) is 7.71. The summed E-state index contributed by atoms with van der Waals surface area (Å²) >= 11 is 6.32. The summed E-state index contributed by atoms with van der Waals surface area (Å²) in [4.78, 5) is 0. The molecule has 0 aliphatic carbocycles. The molecular weight excluding hydrogens is 208 g/mol. The second-order valence-electron chi connectivity index (χ2n) is 3.48. The minimum atomic E-state index is -1.61. The molecule has 0 radical (unpaired) electrons. The summed E-state index contributed by atoms with van der Waals surface area (Å²) in [6, 6.07) is 2.97. The highest BCUT2D eigenvalue weighted by Gasteiger charge is 2.35. The van der Waals surface area contributed by atoms with Crippen LogP contribution in [0.3, 0.4) is 0 Å². The van der Waals surface area contributed by atoms with Gasteiger partial charge in [-0.05, 0) is 18.1 Å². The fraction of sp³-hybridized carbons (Fsp3) is 0.333. The Hall–Kier alpha value is -0.533. The van der Waals surface area contributed by atoms with Crippen LogP contribution < -0.4 is 0 Å². The fourth-order valence-electron chi connectivity index (χ4n) is 1.70. The molecule has 0 saturated heterocycles. The minimum Gasteiger partial charge on any atom is -0.122 e. The van der Waals surface area contributed by atoms with Gasteiger partial charge in [0.1, 0.15) is 0 Å². The average Bonchev–Trinajstić information content (AvgIpc) is 2.17. The van der Waals surface area contributed by atoms with E-state index in [4.69, 9.17) is 11.6 Å². The van der Waals surface area contributed by atoms with Crippen LogP contribution in [0.1, 0.15) is 0 Å².